The summed E-state index contributed by atoms with van der Waals surface area (Å²) < 4.78 is 0. The van der Waals surface area contributed by atoms with Gasteiger partial charge in [0.05, 0.1) is 18.3 Å². The van der Waals surface area contributed by atoms with Gasteiger partial charge < -0.3 is 10.6 Å². The maximum atomic E-state index is 12.1. The quantitative estimate of drug-likeness (QED) is 0.864. The molecule has 0 saturated carbocycles. The summed E-state index contributed by atoms with van der Waals surface area (Å²) in [6.45, 7) is 6.49. The van der Waals surface area contributed by atoms with Crippen LogP contribution in [0.15, 0.2) is 18.2 Å². The predicted octanol–water partition coefficient (Wildman–Crippen LogP) is 1.72. The highest BCUT2D eigenvalue weighted by Crippen LogP contribution is 2.09. The Morgan fingerprint density at radius 3 is 2.72 bits per heavy atom. The highest BCUT2D eigenvalue weighted by atomic mass is 16.2. The van der Waals surface area contributed by atoms with Crippen molar-refractivity contribution in [3.05, 3.63) is 29.6 Å². The van der Waals surface area contributed by atoms with E-state index in [2.05, 4.69) is 4.98 Å². The predicted molar refractivity (Wildman–Crippen MR) is 72.9 cm³/mol. The van der Waals surface area contributed by atoms with Crippen LogP contribution in [0.2, 0.25) is 0 Å². The summed E-state index contributed by atoms with van der Waals surface area (Å²) in [6, 6.07) is 5.39. The molecule has 2 atom stereocenters. The standard InChI is InChI=1S/C14H23N3O/c1-5-10(2)13(15)14(18)17(4)9-12-8-6-7-11(3)16-12/h6-8,10,13H,5,9,15H2,1-4H3/t10?,13-/m0/s1. The van der Waals surface area contributed by atoms with Gasteiger partial charge in [-0.1, -0.05) is 26.3 Å². The summed E-state index contributed by atoms with van der Waals surface area (Å²) in [6.07, 6.45) is 0.906. The van der Waals surface area contributed by atoms with Crippen molar-refractivity contribution in [3.8, 4) is 0 Å². The van der Waals surface area contributed by atoms with Crippen LogP contribution in [0, 0.1) is 12.8 Å². The number of nitrogens with zero attached hydrogens (tertiary/aromatic N) is 2. The summed E-state index contributed by atoms with van der Waals surface area (Å²) in [5.74, 6) is 0.179. The van der Waals surface area contributed by atoms with E-state index in [0.29, 0.717) is 6.54 Å². The third kappa shape index (κ3) is 3.81. The third-order valence-electron chi connectivity index (χ3n) is 3.26. The number of rotatable bonds is 5. The van der Waals surface area contributed by atoms with Gasteiger partial charge in [0.2, 0.25) is 5.91 Å². The summed E-state index contributed by atoms with van der Waals surface area (Å²) in [7, 11) is 1.77. The molecule has 0 radical (unpaired) electrons. The van der Waals surface area contributed by atoms with Crippen LogP contribution in [0.1, 0.15) is 31.7 Å². The van der Waals surface area contributed by atoms with Crippen LogP contribution in [0.3, 0.4) is 0 Å². The van der Waals surface area contributed by atoms with Gasteiger partial charge in [-0.2, -0.15) is 0 Å². The minimum Gasteiger partial charge on any atom is -0.339 e. The van der Waals surface area contributed by atoms with Gasteiger partial charge in [0, 0.05) is 12.7 Å². The monoisotopic (exact) mass is 249 g/mol. The smallest absolute Gasteiger partial charge is 0.239 e. The van der Waals surface area contributed by atoms with Gasteiger partial charge >= 0.3 is 0 Å². The maximum Gasteiger partial charge on any atom is 0.239 e. The van der Waals surface area contributed by atoms with Crippen LogP contribution >= 0.6 is 0 Å². The largest absolute Gasteiger partial charge is 0.339 e. The van der Waals surface area contributed by atoms with Crippen molar-refractivity contribution in [1.82, 2.24) is 9.88 Å². The molecule has 0 aromatic carbocycles. The van der Waals surface area contributed by atoms with Crippen molar-refractivity contribution in [2.75, 3.05) is 7.05 Å². The molecular formula is C14H23N3O. The maximum absolute atomic E-state index is 12.1. The lowest BCUT2D eigenvalue weighted by molar-refractivity contribution is -0.133. The summed E-state index contributed by atoms with van der Waals surface area (Å²) in [5, 5.41) is 0. The molecule has 0 fully saturated rings. The van der Waals surface area contributed by atoms with Crippen molar-refractivity contribution in [1.29, 1.82) is 0 Å². The van der Waals surface area contributed by atoms with Gasteiger partial charge in [-0.25, -0.2) is 0 Å². The van der Waals surface area contributed by atoms with Crippen LogP contribution in [0.25, 0.3) is 0 Å². The lowest BCUT2D eigenvalue weighted by Crippen LogP contribution is -2.45. The molecule has 2 N–H and O–H groups in total. The normalized spacial score (nSPS) is 14.1. The first kappa shape index (κ1) is 14.6. The van der Waals surface area contributed by atoms with E-state index in [-0.39, 0.29) is 11.8 Å². The number of hydrogen-bond acceptors (Lipinski definition) is 3. The van der Waals surface area contributed by atoms with Gasteiger partial charge in [0.15, 0.2) is 0 Å². The Hall–Kier alpha value is -1.42. The molecule has 1 aromatic heterocycles. The van der Waals surface area contributed by atoms with E-state index in [1.54, 1.807) is 11.9 Å². The number of hydrogen-bond donors (Lipinski definition) is 1. The van der Waals surface area contributed by atoms with E-state index in [9.17, 15) is 4.79 Å². The fourth-order valence-electron chi connectivity index (χ4n) is 1.76. The first-order chi connectivity index (χ1) is 8.45. The molecule has 0 aliphatic heterocycles. The summed E-state index contributed by atoms with van der Waals surface area (Å²) >= 11 is 0. The highest BCUT2D eigenvalue weighted by molar-refractivity contribution is 5.81. The molecule has 1 unspecified atom stereocenters. The molecule has 18 heavy (non-hydrogen) atoms. The molecule has 0 spiro atoms. The Bertz CT molecular complexity index is 406. The molecule has 1 amide bonds. The zero-order valence-electron chi connectivity index (χ0n) is 11.7. The molecule has 0 bridgehead atoms. The number of pyridine rings is 1. The SMILES string of the molecule is CCC(C)[C@H](N)C(=O)N(C)Cc1cccc(C)n1. The zero-order valence-corrected chi connectivity index (χ0v) is 11.7. The molecule has 1 rings (SSSR count). The van der Waals surface area contributed by atoms with E-state index in [4.69, 9.17) is 5.73 Å². The lowest BCUT2D eigenvalue weighted by Gasteiger charge is -2.24. The van der Waals surface area contributed by atoms with Gasteiger partial charge in [0.25, 0.3) is 0 Å². The molecular weight excluding hydrogens is 226 g/mol. The fourth-order valence-corrected chi connectivity index (χ4v) is 1.76. The zero-order chi connectivity index (χ0) is 13.7. The second kappa shape index (κ2) is 6.50. The first-order valence-electron chi connectivity index (χ1n) is 6.38. The number of carbonyl (C=O) groups excluding carboxylic acids is 1. The number of carbonyl (C=O) groups is 1. The number of amides is 1. The number of aryl methyl sites for hydroxylation is 1. The topological polar surface area (TPSA) is 59.2 Å². The minimum atomic E-state index is -0.426. The fraction of sp³-hybridized carbons (Fsp3) is 0.571. The molecule has 1 heterocycles. The Kier molecular flexibility index (Phi) is 5.28. The molecule has 4 heteroatoms. The van der Waals surface area contributed by atoms with Gasteiger partial charge in [-0.15, -0.1) is 0 Å². The van der Waals surface area contributed by atoms with Crippen molar-refractivity contribution in [2.45, 2.75) is 39.8 Å². The lowest BCUT2D eigenvalue weighted by atomic mass is 9.99. The average molecular weight is 249 g/mol. The van der Waals surface area contributed by atoms with Crippen molar-refractivity contribution >= 4 is 5.91 Å². The van der Waals surface area contributed by atoms with E-state index >= 15 is 0 Å². The molecule has 100 valence electrons. The Morgan fingerprint density at radius 1 is 1.50 bits per heavy atom. The van der Waals surface area contributed by atoms with E-state index < -0.39 is 6.04 Å². The van der Waals surface area contributed by atoms with Crippen LogP contribution in [-0.4, -0.2) is 28.9 Å². The van der Waals surface area contributed by atoms with Crippen molar-refractivity contribution in [2.24, 2.45) is 11.7 Å². The van der Waals surface area contributed by atoms with E-state index in [0.717, 1.165) is 17.8 Å². The summed E-state index contributed by atoms with van der Waals surface area (Å²) in [5.41, 5.74) is 7.79. The second-order valence-corrected chi connectivity index (χ2v) is 4.88. The number of likely N-dealkylation sites (N-methyl/N-ethyl adjacent to an activating group) is 1. The van der Waals surface area contributed by atoms with Crippen molar-refractivity contribution in [3.63, 3.8) is 0 Å². The summed E-state index contributed by atoms with van der Waals surface area (Å²) in [4.78, 5) is 18.1. The second-order valence-electron chi connectivity index (χ2n) is 4.88. The van der Waals surface area contributed by atoms with Gasteiger partial charge in [0.1, 0.15) is 0 Å². The molecule has 0 saturated heterocycles. The average Bonchev–Trinajstić information content (AvgIpc) is 2.36. The van der Waals surface area contributed by atoms with Gasteiger partial charge in [-0.05, 0) is 25.0 Å². The molecule has 0 aliphatic carbocycles. The van der Waals surface area contributed by atoms with Crippen LogP contribution < -0.4 is 5.73 Å². The van der Waals surface area contributed by atoms with Crippen LogP contribution in [-0.2, 0) is 11.3 Å². The van der Waals surface area contributed by atoms with Crippen LogP contribution in [0.4, 0.5) is 0 Å². The molecule has 4 nitrogen and oxygen atoms in total. The van der Waals surface area contributed by atoms with E-state index in [1.807, 2.05) is 39.0 Å². The van der Waals surface area contributed by atoms with E-state index in [1.165, 1.54) is 0 Å². The Labute approximate surface area is 109 Å². The highest BCUT2D eigenvalue weighted by Gasteiger charge is 2.22. The van der Waals surface area contributed by atoms with Crippen LogP contribution in [0.5, 0.6) is 0 Å². The molecule has 0 aliphatic rings. The minimum absolute atomic E-state index is 0.0207. The van der Waals surface area contributed by atoms with Crippen molar-refractivity contribution < 1.29 is 4.79 Å². The first-order valence-corrected chi connectivity index (χ1v) is 6.38. The third-order valence-corrected chi connectivity index (χ3v) is 3.26. The number of nitrogens with two attached hydrogens (primary N) is 1. The number of aromatic nitrogens is 1. The Morgan fingerprint density at radius 2 is 2.17 bits per heavy atom. The molecule has 1 aromatic rings. The Balaban J connectivity index is 2.65. The van der Waals surface area contributed by atoms with Gasteiger partial charge in [-0.3, -0.25) is 9.78 Å².